The zero-order chi connectivity index (χ0) is 13.1. The first-order chi connectivity index (χ1) is 9.35. The summed E-state index contributed by atoms with van der Waals surface area (Å²) in [6.07, 6.45) is 11.0. The SMILES string of the molecule is CN=C(NC1CCC1)NC1CCN(C2CCCC2)C1. The Hall–Kier alpha value is -0.770. The second-order valence-corrected chi connectivity index (χ2v) is 6.41. The van der Waals surface area contributed by atoms with E-state index in [0.29, 0.717) is 12.1 Å². The van der Waals surface area contributed by atoms with Gasteiger partial charge in [-0.25, -0.2) is 0 Å². The summed E-state index contributed by atoms with van der Waals surface area (Å²) in [5.74, 6) is 1.02. The van der Waals surface area contributed by atoms with Gasteiger partial charge in [0, 0.05) is 38.3 Å². The summed E-state index contributed by atoms with van der Waals surface area (Å²) in [4.78, 5) is 7.07. The van der Waals surface area contributed by atoms with Crippen molar-refractivity contribution in [3.8, 4) is 0 Å². The predicted octanol–water partition coefficient (Wildman–Crippen LogP) is 1.72. The number of aliphatic imine (C=N–C) groups is 1. The fourth-order valence-corrected chi connectivity index (χ4v) is 3.62. The molecular formula is C15H28N4. The van der Waals surface area contributed by atoms with E-state index < -0.39 is 0 Å². The Balaban J connectivity index is 1.44. The molecule has 0 aromatic rings. The molecule has 1 saturated heterocycles. The van der Waals surface area contributed by atoms with E-state index in [0.717, 1.165) is 12.0 Å². The molecule has 4 nitrogen and oxygen atoms in total. The smallest absolute Gasteiger partial charge is 0.191 e. The summed E-state index contributed by atoms with van der Waals surface area (Å²) in [6, 6.07) is 2.12. The first-order valence-corrected chi connectivity index (χ1v) is 8.09. The van der Waals surface area contributed by atoms with Crippen molar-refractivity contribution >= 4 is 5.96 Å². The highest BCUT2D eigenvalue weighted by Gasteiger charge is 2.30. The van der Waals surface area contributed by atoms with Gasteiger partial charge in [-0.05, 0) is 38.5 Å². The zero-order valence-corrected chi connectivity index (χ0v) is 12.2. The lowest BCUT2D eigenvalue weighted by Gasteiger charge is -2.29. The average Bonchev–Trinajstić information content (AvgIpc) is 3.02. The molecule has 1 heterocycles. The van der Waals surface area contributed by atoms with Gasteiger partial charge in [0.1, 0.15) is 0 Å². The number of likely N-dealkylation sites (tertiary alicyclic amines) is 1. The highest BCUT2D eigenvalue weighted by atomic mass is 15.3. The van der Waals surface area contributed by atoms with Crippen molar-refractivity contribution in [2.45, 2.75) is 69.5 Å². The van der Waals surface area contributed by atoms with Crippen molar-refractivity contribution in [2.24, 2.45) is 4.99 Å². The molecule has 0 aromatic heterocycles. The van der Waals surface area contributed by atoms with Gasteiger partial charge >= 0.3 is 0 Å². The van der Waals surface area contributed by atoms with Crippen LogP contribution in [0.25, 0.3) is 0 Å². The Morgan fingerprint density at radius 1 is 0.947 bits per heavy atom. The molecular weight excluding hydrogens is 236 g/mol. The van der Waals surface area contributed by atoms with Crippen LogP contribution in [0.2, 0.25) is 0 Å². The molecule has 3 fully saturated rings. The zero-order valence-electron chi connectivity index (χ0n) is 12.2. The Labute approximate surface area is 117 Å². The first kappa shape index (κ1) is 13.2. The Kier molecular flexibility index (Phi) is 4.26. The van der Waals surface area contributed by atoms with E-state index in [9.17, 15) is 0 Å². The molecule has 0 aromatic carbocycles. The summed E-state index contributed by atoms with van der Waals surface area (Å²) in [5, 5.41) is 7.15. The van der Waals surface area contributed by atoms with E-state index in [4.69, 9.17) is 0 Å². The number of hydrogen-bond acceptors (Lipinski definition) is 2. The maximum absolute atomic E-state index is 4.37. The number of rotatable bonds is 3. The molecule has 108 valence electrons. The molecule has 1 atom stereocenters. The van der Waals surface area contributed by atoms with Crippen molar-refractivity contribution in [1.82, 2.24) is 15.5 Å². The lowest BCUT2D eigenvalue weighted by atomic mass is 9.93. The molecule has 0 amide bonds. The van der Waals surface area contributed by atoms with Crippen LogP contribution in [0, 0.1) is 0 Å². The number of nitrogens with zero attached hydrogens (tertiary/aromatic N) is 2. The molecule has 3 aliphatic rings. The van der Waals surface area contributed by atoms with Crippen molar-refractivity contribution in [3.05, 3.63) is 0 Å². The number of nitrogens with one attached hydrogen (secondary N) is 2. The lowest BCUT2D eigenvalue weighted by Crippen LogP contribution is -2.50. The third kappa shape index (κ3) is 3.22. The van der Waals surface area contributed by atoms with Crippen LogP contribution >= 0.6 is 0 Å². The van der Waals surface area contributed by atoms with Gasteiger partial charge in [-0.2, -0.15) is 0 Å². The van der Waals surface area contributed by atoms with Crippen LogP contribution in [0.3, 0.4) is 0 Å². The summed E-state index contributed by atoms with van der Waals surface area (Å²) in [6.45, 7) is 2.47. The summed E-state index contributed by atoms with van der Waals surface area (Å²) < 4.78 is 0. The van der Waals surface area contributed by atoms with Crippen molar-refractivity contribution < 1.29 is 0 Å². The molecule has 0 radical (unpaired) electrons. The van der Waals surface area contributed by atoms with Gasteiger partial charge in [-0.1, -0.05) is 12.8 Å². The molecule has 4 heteroatoms. The monoisotopic (exact) mass is 264 g/mol. The van der Waals surface area contributed by atoms with Crippen LogP contribution in [0.5, 0.6) is 0 Å². The maximum Gasteiger partial charge on any atom is 0.191 e. The molecule has 19 heavy (non-hydrogen) atoms. The Bertz CT molecular complexity index is 318. The van der Waals surface area contributed by atoms with E-state index in [1.807, 2.05) is 7.05 Å². The van der Waals surface area contributed by atoms with Crippen LogP contribution in [0.4, 0.5) is 0 Å². The molecule has 1 aliphatic heterocycles. The Morgan fingerprint density at radius 2 is 1.68 bits per heavy atom. The summed E-state index contributed by atoms with van der Waals surface area (Å²) in [5.41, 5.74) is 0. The van der Waals surface area contributed by atoms with Crippen molar-refractivity contribution in [3.63, 3.8) is 0 Å². The Morgan fingerprint density at radius 3 is 2.32 bits per heavy atom. The maximum atomic E-state index is 4.37. The van der Waals surface area contributed by atoms with Crippen molar-refractivity contribution in [1.29, 1.82) is 0 Å². The highest BCUT2D eigenvalue weighted by molar-refractivity contribution is 5.80. The van der Waals surface area contributed by atoms with Crippen LogP contribution in [0.15, 0.2) is 4.99 Å². The van der Waals surface area contributed by atoms with Crippen molar-refractivity contribution in [2.75, 3.05) is 20.1 Å². The normalized spacial score (nSPS) is 30.6. The standard InChI is InChI=1S/C15H28N4/c1-16-15(17-12-5-4-6-12)18-13-9-10-19(11-13)14-7-2-3-8-14/h12-14H,2-11H2,1H3,(H2,16,17,18). The minimum absolute atomic E-state index is 0.590. The molecule has 3 rings (SSSR count). The summed E-state index contributed by atoms with van der Waals surface area (Å²) >= 11 is 0. The fourth-order valence-electron chi connectivity index (χ4n) is 3.62. The minimum Gasteiger partial charge on any atom is -0.354 e. The van der Waals surface area contributed by atoms with E-state index in [1.165, 1.54) is 64.5 Å². The van der Waals surface area contributed by atoms with Crippen LogP contribution in [0.1, 0.15) is 51.4 Å². The second-order valence-electron chi connectivity index (χ2n) is 6.41. The van der Waals surface area contributed by atoms with Gasteiger partial charge in [-0.15, -0.1) is 0 Å². The second kappa shape index (κ2) is 6.12. The van der Waals surface area contributed by atoms with E-state index in [1.54, 1.807) is 0 Å². The minimum atomic E-state index is 0.590. The van der Waals surface area contributed by atoms with E-state index >= 15 is 0 Å². The summed E-state index contributed by atoms with van der Waals surface area (Å²) in [7, 11) is 1.89. The molecule has 0 bridgehead atoms. The van der Waals surface area contributed by atoms with Gasteiger partial charge in [-0.3, -0.25) is 9.89 Å². The van der Waals surface area contributed by atoms with Crippen LogP contribution in [-0.2, 0) is 0 Å². The van der Waals surface area contributed by atoms with E-state index in [2.05, 4.69) is 20.5 Å². The largest absolute Gasteiger partial charge is 0.354 e. The third-order valence-electron chi connectivity index (χ3n) is 5.07. The van der Waals surface area contributed by atoms with E-state index in [-0.39, 0.29) is 0 Å². The molecule has 2 N–H and O–H groups in total. The predicted molar refractivity (Wildman–Crippen MR) is 79.5 cm³/mol. The first-order valence-electron chi connectivity index (χ1n) is 8.09. The van der Waals surface area contributed by atoms with Gasteiger partial charge in [0.05, 0.1) is 0 Å². The molecule has 1 unspecified atom stereocenters. The van der Waals surface area contributed by atoms with Crippen LogP contribution in [-0.4, -0.2) is 49.1 Å². The number of guanidine groups is 1. The average molecular weight is 264 g/mol. The topological polar surface area (TPSA) is 39.7 Å². The number of hydrogen-bond donors (Lipinski definition) is 2. The fraction of sp³-hybridized carbons (Fsp3) is 0.933. The molecule has 0 spiro atoms. The highest BCUT2D eigenvalue weighted by Crippen LogP contribution is 2.26. The third-order valence-corrected chi connectivity index (χ3v) is 5.07. The van der Waals surface area contributed by atoms with Gasteiger partial charge in [0.2, 0.25) is 0 Å². The lowest BCUT2D eigenvalue weighted by molar-refractivity contribution is 0.242. The van der Waals surface area contributed by atoms with Crippen LogP contribution < -0.4 is 10.6 Å². The van der Waals surface area contributed by atoms with Gasteiger partial charge < -0.3 is 10.6 Å². The quantitative estimate of drug-likeness (QED) is 0.602. The van der Waals surface area contributed by atoms with Gasteiger partial charge in [0.15, 0.2) is 5.96 Å². The molecule has 2 aliphatic carbocycles. The van der Waals surface area contributed by atoms with Gasteiger partial charge in [0.25, 0.3) is 0 Å². The molecule has 2 saturated carbocycles.